The smallest absolute Gasteiger partial charge is 0.275 e. The van der Waals surface area contributed by atoms with Crippen molar-refractivity contribution < 1.29 is 9.42 Å². The van der Waals surface area contributed by atoms with Crippen molar-refractivity contribution in [3.05, 3.63) is 11.4 Å². The van der Waals surface area contributed by atoms with Gasteiger partial charge < -0.3 is 22.5 Å². The Kier molecular flexibility index (Phi) is 5.44. The second-order valence-electron chi connectivity index (χ2n) is 4.21. The molecule has 0 aliphatic carbocycles. The summed E-state index contributed by atoms with van der Waals surface area (Å²) in [6.07, 6.45) is 6.51. The summed E-state index contributed by atoms with van der Waals surface area (Å²) in [6.45, 7) is 0.374. The van der Waals surface area contributed by atoms with Crippen LogP contribution in [0.2, 0.25) is 0 Å². The van der Waals surface area contributed by atoms with Crippen LogP contribution in [0.15, 0.2) is 4.63 Å². The largest absolute Gasteiger partial charge is 0.350 e. The van der Waals surface area contributed by atoms with E-state index in [9.17, 15) is 4.79 Å². The van der Waals surface area contributed by atoms with Crippen LogP contribution in [0.25, 0.3) is 0 Å². The highest BCUT2D eigenvalue weighted by atomic mass is 16.6. The number of nitrogens with zero attached hydrogens (tertiary/aromatic N) is 2. The molecule has 0 atom stereocenters. The summed E-state index contributed by atoms with van der Waals surface area (Å²) in [5.41, 5.74) is 16.5. The van der Waals surface area contributed by atoms with E-state index in [1.54, 1.807) is 0 Å². The fourth-order valence-corrected chi connectivity index (χ4v) is 1.44. The minimum atomic E-state index is -0.904. The molecule has 0 fully saturated rings. The average Bonchev–Trinajstić information content (AvgIpc) is 2.84. The van der Waals surface area contributed by atoms with Gasteiger partial charge in [-0.25, -0.2) is 4.63 Å². The zero-order valence-corrected chi connectivity index (χ0v) is 10.6. The van der Waals surface area contributed by atoms with Crippen molar-refractivity contribution in [2.45, 2.75) is 31.5 Å². The molecule has 0 spiro atoms. The van der Waals surface area contributed by atoms with Crippen LogP contribution in [-0.2, 0) is 6.54 Å². The van der Waals surface area contributed by atoms with Crippen molar-refractivity contribution in [3.63, 3.8) is 0 Å². The molecule has 19 heavy (non-hydrogen) atoms. The Morgan fingerprint density at radius 3 is 2.79 bits per heavy atom. The monoisotopic (exact) mass is 266 g/mol. The Bertz CT molecular complexity index is 462. The molecule has 104 valence electrons. The van der Waals surface area contributed by atoms with Gasteiger partial charge in [-0.05, 0) is 18.0 Å². The Morgan fingerprint density at radius 1 is 1.42 bits per heavy atom. The third-order valence-corrected chi connectivity index (χ3v) is 2.58. The van der Waals surface area contributed by atoms with Gasteiger partial charge in [-0.15, -0.1) is 12.3 Å². The lowest BCUT2D eigenvalue weighted by atomic mass is 10.0. The second kappa shape index (κ2) is 6.84. The van der Waals surface area contributed by atoms with Gasteiger partial charge in [0.05, 0.1) is 5.66 Å². The molecule has 1 heterocycles. The summed E-state index contributed by atoms with van der Waals surface area (Å²) < 4.78 is 4.45. The van der Waals surface area contributed by atoms with E-state index >= 15 is 0 Å². The Balaban J connectivity index is 2.41. The van der Waals surface area contributed by atoms with Gasteiger partial charge in [0, 0.05) is 19.5 Å². The quantitative estimate of drug-likeness (QED) is 0.353. The molecule has 0 radical (unpaired) electrons. The van der Waals surface area contributed by atoms with E-state index in [2.05, 4.69) is 26.2 Å². The highest BCUT2D eigenvalue weighted by Gasteiger charge is 2.20. The van der Waals surface area contributed by atoms with Crippen molar-refractivity contribution in [3.8, 4) is 12.3 Å². The van der Waals surface area contributed by atoms with Crippen molar-refractivity contribution >= 4 is 5.91 Å². The molecule has 1 aromatic rings. The van der Waals surface area contributed by atoms with E-state index in [0.29, 0.717) is 31.5 Å². The first-order chi connectivity index (χ1) is 9.00. The molecule has 0 aromatic carbocycles. The summed E-state index contributed by atoms with van der Waals surface area (Å²) in [5.74, 6) is 2.05. The van der Waals surface area contributed by atoms with E-state index < -0.39 is 11.6 Å². The van der Waals surface area contributed by atoms with Crippen molar-refractivity contribution in [2.75, 3.05) is 6.54 Å². The molecule has 0 unspecified atom stereocenters. The van der Waals surface area contributed by atoms with Gasteiger partial charge in [-0.2, -0.15) is 0 Å². The maximum atomic E-state index is 11.7. The Labute approximate surface area is 111 Å². The topological polar surface area (TPSA) is 146 Å². The molecule has 8 heteroatoms. The lowest BCUT2D eigenvalue weighted by Crippen LogP contribution is -2.51. The van der Waals surface area contributed by atoms with Crippen LogP contribution in [0.1, 0.15) is 35.4 Å². The summed E-state index contributed by atoms with van der Waals surface area (Å²) >= 11 is 0. The Hall–Kier alpha value is -1.95. The van der Waals surface area contributed by atoms with Gasteiger partial charge in [0.1, 0.15) is 5.69 Å². The molecular formula is C11H18N6O2. The zero-order valence-electron chi connectivity index (χ0n) is 10.6. The second-order valence-corrected chi connectivity index (χ2v) is 4.21. The molecule has 1 rings (SSSR count). The van der Waals surface area contributed by atoms with Crippen LogP contribution in [0.5, 0.6) is 0 Å². The van der Waals surface area contributed by atoms with E-state index in [4.69, 9.17) is 23.6 Å². The molecule has 0 aliphatic heterocycles. The molecule has 0 saturated heterocycles. The fraction of sp³-hybridized carbons (Fsp3) is 0.545. The van der Waals surface area contributed by atoms with Crippen LogP contribution < -0.4 is 22.5 Å². The number of carbonyl (C=O) groups is 1. The lowest BCUT2D eigenvalue weighted by molar-refractivity contribution is 0.0940. The molecule has 8 nitrogen and oxygen atoms in total. The maximum absolute atomic E-state index is 11.7. The van der Waals surface area contributed by atoms with Crippen LogP contribution in [0, 0.1) is 12.3 Å². The predicted molar refractivity (Wildman–Crippen MR) is 68.3 cm³/mol. The first-order valence-corrected chi connectivity index (χ1v) is 5.81. The first-order valence-electron chi connectivity index (χ1n) is 5.81. The van der Waals surface area contributed by atoms with Gasteiger partial charge in [-0.3, -0.25) is 4.79 Å². The molecule has 0 saturated carbocycles. The average molecular weight is 266 g/mol. The number of carbonyl (C=O) groups excluding carboxylic acids is 1. The van der Waals surface area contributed by atoms with Crippen molar-refractivity contribution in [1.29, 1.82) is 0 Å². The van der Waals surface area contributed by atoms with Gasteiger partial charge in [0.25, 0.3) is 5.91 Å². The van der Waals surface area contributed by atoms with Gasteiger partial charge in [0.15, 0.2) is 5.69 Å². The normalized spacial score (nSPS) is 11.1. The summed E-state index contributed by atoms with van der Waals surface area (Å²) in [5, 5.41) is 9.62. The van der Waals surface area contributed by atoms with Crippen LogP contribution in [0.4, 0.5) is 0 Å². The number of nitrogens with two attached hydrogens (primary N) is 3. The van der Waals surface area contributed by atoms with Gasteiger partial charge in [-0.1, -0.05) is 5.16 Å². The van der Waals surface area contributed by atoms with Crippen LogP contribution in [0.3, 0.4) is 0 Å². The van der Waals surface area contributed by atoms with Gasteiger partial charge in [0.2, 0.25) is 0 Å². The highest BCUT2D eigenvalue weighted by Crippen LogP contribution is 2.07. The third-order valence-electron chi connectivity index (χ3n) is 2.58. The predicted octanol–water partition coefficient (Wildman–Crippen LogP) is -1.32. The number of aromatic nitrogens is 2. The highest BCUT2D eigenvalue weighted by molar-refractivity contribution is 5.93. The number of nitrogens with one attached hydrogen (secondary N) is 1. The van der Waals surface area contributed by atoms with Crippen LogP contribution in [-0.4, -0.2) is 28.4 Å². The zero-order chi connectivity index (χ0) is 14.3. The van der Waals surface area contributed by atoms with Crippen molar-refractivity contribution in [2.24, 2.45) is 17.2 Å². The molecule has 0 aliphatic rings. The fourth-order valence-electron chi connectivity index (χ4n) is 1.44. The van der Waals surface area contributed by atoms with E-state index in [-0.39, 0.29) is 12.2 Å². The number of amides is 1. The van der Waals surface area contributed by atoms with Crippen molar-refractivity contribution in [1.82, 2.24) is 15.6 Å². The number of terminal acetylenes is 1. The SMILES string of the molecule is C#CCCC(N)(N)CCNC(=O)c1nonc1CN. The Morgan fingerprint density at radius 2 is 2.16 bits per heavy atom. The molecular weight excluding hydrogens is 248 g/mol. The third kappa shape index (κ3) is 4.67. The number of hydrogen-bond donors (Lipinski definition) is 4. The minimum Gasteiger partial charge on any atom is -0.350 e. The molecule has 0 bridgehead atoms. The number of rotatable bonds is 7. The molecule has 1 amide bonds. The van der Waals surface area contributed by atoms with E-state index in [0.717, 1.165) is 0 Å². The van der Waals surface area contributed by atoms with Gasteiger partial charge >= 0.3 is 0 Å². The minimum absolute atomic E-state index is 0.0748. The maximum Gasteiger partial charge on any atom is 0.275 e. The van der Waals surface area contributed by atoms with E-state index in [1.807, 2.05) is 0 Å². The standard InChI is InChI=1S/C11H18N6O2/c1-2-3-4-11(13,14)5-6-15-10(18)9-8(7-12)16-19-17-9/h1H,3-7,12-14H2,(H,15,18). The lowest BCUT2D eigenvalue weighted by Gasteiger charge is -2.23. The van der Waals surface area contributed by atoms with E-state index in [1.165, 1.54) is 0 Å². The van der Waals surface area contributed by atoms with Crippen LogP contribution >= 0.6 is 0 Å². The molecule has 7 N–H and O–H groups in total. The first kappa shape index (κ1) is 15.1. The summed E-state index contributed by atoms with van der Waals surface area (Å²) in [4.78, 5) is 11.7. The molecule has 1 aromatic heterocycles. The summed E-state index contributed by atoms with van der Waals surface area (Å²) in [6, 6.07) is 0. The summed E-state index contributed by atoms with van der Waals surface area (Å²) in [7, 11) is 0. The number of hydrogen-bond acceptors (Lipinski definition) is 7.